The van der Waals surface area contributed by atoms with Crippen molar-refractivity contribution in [1.82, 2.24) is 15.1 Å². The van der Waals surface area contributed by atoms with Crippen LogP contribution in [0, 0.1) is 23.2 Å². The minimum Gasteiger partial charge on any atom is -0.387 e. The van der Waals surface area contributed by atoms with E-state index in [0.717, 1.165) is 16.7 Å². The lowest BCUT2D eigenvalue weighted by atomic mass is 9.58. The Labute approximate surface area is 204 Å². The largest absolute Gasteiger partial charge is 0.387 e. The fraction of sp³-hybridized carbons (Fsp3) is 0.560. The molecule has 1 unspecified atom stereocenters. The molecule has 1 fully saturated rings. The van der Waals surface area contributed by atoms with Crippen molar-refractivity contribution in [2.45, 2.75) is 59.7 Å². The second-order valence-electron chi connectivity index (χ2n) is 9.92. The molecule has 3 N–H and O–H groups in total. The van der Waals surface area contributed by atoms with E-state index in [1.165, 1.54) is 0 Å². The first-order valence-corrected chi connectivity index (χ1v) is 12.3. The van der Waals surface area contributed by atoms with Crippen LogP contribution in [-0.4, -0.2) is 33.4 Å². The standard InChI is InChI=1S/C25H35BrN4O3/c1-15-11-19(16(2)17(3)25(15,4)5)29-20-12-28-30(24(33)23(20)26)14-22(32)27-13-21(31)18-9-7-6-8-10-18/h6-10,12,15-17,19,21,29,31H,11,13-14H2,1-5H3,(H,27,32)/t15-,16+,17+,19+,21?/m0/s1. The van der Waals surface area contributed by atoms with E-state index in [2.05, 4.69) is 66.3 Å². The summed E-state index contributed by atoms with van der Waals surface area (Å²) in [6.07, 6.45) is 1.80. The second kappa shape index (κ2) is 10.4. The Balaban J connectivity index is 1.63. The molecule has 2 aromatic rings. The van der Waals surface area contributed by atoms with Crippen LogP contribution in [0.15, 0.2) is 45.8 Å². The number of carbonyl (C=O) groups is 1. The summed E-state index contributed by atoms with van der Waals surface area (Å²) in [5.41, 5.74) is 1.25. The van der Waals surface area contributed by atoms with Gasteiger partial charge in [0, 0.05) is 12.6 Å². The lowest BCUT2D eigenvalue weighted by molar-refractivity contribution is -0.122. The molecule has 0 saturated heterocycles. The maximum atomic E-state index is 12.8. The van der Waals surface area contributed by atoms with E-state index >= 15 is 0 Å². The molecule has 1 aromatic heterocycles. The number of anilines is 1. The highest BCUT2D eigenvalue weighted by Crippen LogP contribution is 2.48. The summed E-state index contributed by atoms with van der Waals surface area (Å²) >= 11 is 3.41. The molecule has 0 spiro atoms. The van der Waals surface area contributed by atoms with Crippen molar-refractivity contribution in [1.29, 1.82) is 0 Å². The van der Waals surface area contributed by atoms with Crippen molar-refractivity contribution in [2.24, 2.45) is 23.2 Å². The topological polar surface area (TPSA) is 96.2 Å². The third-order valence-corrected chi connectivity index (χ3v) is 8.54. The van der Waals surface area contributed by atoms with E-state index in [1.54, 1.807) is 18.3 Å². The minimum atomic E-state index is -0.814. The van der Waals surface area contributed by atoms with Gasteiger partial charge in [-0.1, -0.05) is 65.0 Å². The van der Waals surface area contributed by atoms with Crippen LogP contribution in [0.25, 0.3) is 0 Å². The number of nitrogens with one attached hydrogen (secondary N) is 2. The van der Waals surface area contributed by atoms with Crippen LogP contribution in [0.4, 0.5) is 5.69 Å². The number of carbonyl (C=O) groups excluding carboxylic acids is 1. The van der Waals surface area contributed by atoms with Gasteiger partial charge in [-0.2, -0.15) is 5.10 Å². The van der Waals surface area contributed by atoms with Crippen molar-refractivity contribution < 1.29 is 9.90 Å². The van der Waals surface area contributed by atoms with Gasteiger partial charge in [-0.15, -0.1) is 0 Å². The molecule has 8 heteroatoms. The van der Waals surface area contributed by atoms with Crippen LogP contribution in [0.2, 0.25) is 0 Å². The molecule has 5 atom stereocenters. The Morgan fingerprint density at radius 1 is 1.27 bits per heavy atom. The van der Waals surface area contributed by atoms with Gasteiger partial charge in [0.1, 0.15) is 11.0 Å². The lowest BCUT2D eigenvalue weighted by Crippen LogP contribution is -2.48. The lowest BCUT2D eigenvalue weighted by Gasteiger charge is -2.50. The first-order valence-electron chi connectivity index (χ1n) is 11.5. The number of nitrogens with zero attached hydrogens (tertiary/aromatic N) is 2. The molecule has 1 aliphatic carbocycles. The number of aliphatic hydroxyl groups excluding tert-OH is 1. The predicted molar refractivity (Wildman–Crippen MR) is 134 cm³/mol. The number of hydrogen-bond acceptors (Lipinski definition) is 5. The smallest absolute Gasteiger partial charge is 0.283 e. The van der Waals surface area contributed by atoms with Gasteiger partial charge >= 0.3 is 0 Å². The quantitative estimate of drug-likeness (QED) is 0.515. The molecule has 1 aliphatic rings. The average molecular weight is 519 g/mol. The fourth-order valence-corrected chi connectivity index (χ4v) is 5.06. The van der Waals surface area contributed by atoms with E-state index in [1.807, 2.05) is 18.2 Å². The molecule has 33 heavy (non-hydrogen) atoms. The molecule has 7 nitrogen and oxygen atoms in total. The van der Waals surface area contributed by atoms with Crippen molar-refractivity contribution in [3.63, 3.8) is 0 Å². The van der Waals surface area contributed by atoms with Crippen LogP contribution in [0.1, 0.15) is 52.7 Å². The third kappa shape index (κ3) is 5.66. The Morgan fingerprint density at radius 3 is 2.61 bits per heavy atom. The van der Waals surface area contributed by atoms with Crippen molar-refractivity contribution >= 4 is 27.5 Å². The Morgan fingerprint density at radius 2 is 1.94 bits per heavy atom. The van der Waals surface area contributed by atoms with Gasteiger partial charge in [-0.3, -0.25) is 9.59 Å². The number of amides is 1. The summed E-state index contributed by atoms with van der Waals surface area (Å²) in [7, 11) is 0. The normalized spacial score (nSPS) is 25.3. The number of rotatable bonds is 7. The number of aromatic nitrogens is 2. The maximum absolute atomic E-state index is 12.8. The van der Waals surface area contributed by atoms with E-state index in [-0.39, 0.29) is 30.1 Å². The van der Waals surface area contributed by atoms with Crippen LogP contribution in [-0.2, 0) is 11.3 Å². The van der Waals surface area contributed by atoms with Crippen molar-refractivity contribution in [3.05, 3.63) is 56.9 Å². The van der Waals surface area contributed by atoms with Gasteiger partial charge < -0.3 is 15.7 Å². The fourth-order valence-electron chi connectivity index (χ4n) is 4.64. The highest BCUT2D eigenvalue weighted by atomic mass is 79.9. The second-order valence-corrected chi connectivity index (χ2v) is 10.7. The zero-order valence-electron chi connectivity index (χ0n) is 20.0. The Bertz CT molecular complexity index is 1020. The molecule has 3 rings (SSSR count). The summed E-state index contributed by atoms with van der Waals surface area (Å²) in [6, 6.07) is 9.34. The first-order chi connectivity index (χ1) is 15.5. The Kier molecular flexibility index (Phi) is 8.00. The zero-order valence-corrected chi connectivity index (χ0v) is 21.6. The molecule has 1 saturated carbocycles. The monoisotopic (exact) mass is 518 g/mol. The highest BCUT2D eigenvalue weighted by molar-refractivity contribution is 9.10. The van der Waals surface area contributed by atoms with Gasteiger partial charge in [0.25, 0.3) is 5.56 Å². The van der Waals surface area contributed by atoms with Crippen LogP contribution >= 0.6 is 15.9 Å². The maximum Gasteiger partial charge on any atom is 0.283 e. The molecule has 0 aliphatic heterocycles. The number of hydrogen-bond donors (Lipinski definition) is 3. The molecule has 180 valence electrons. The highest BCUT2D eigenvalue weighted by Gasteiger charge is 2.43. The number of halogens is 1. The summed E-state index contributed by atoms with van der Waals surface area (Å²) in [5.74, 6) is 1.12. The van der Waals surface area contributed by atoms with Gasteiger partial charge in [0.15, 0.2) is 0 Å². The van der Waals surface area contributed by atoms with Crippen LogP contribution in [0.5, 0.6) is 0 Å². The number of benzene rings is 1. The van der Waals surface area contributed by atoms with Gasteiger partial charge in [-0.25, -0.2) is 4.68 Å². The van der Waals surface area contributed by atoms with Gasteiger partial charge in [-0.05, 0) is 51.1 Å². The van der Waals surface area contributed by atoms with Crippen molar-refractivity contribution in [2.75, 3.05) is 11.9 Å². The van der Waals surface area contributed by atoms with E-state index < -0.39 is 12.0 Å². The average Bonchev–Trinajstić information content (AvgIpc) is 2.80. The van der Waals surface area contributed by atoms with E-state index in [4.69, 9.17) is 0 Å². The third-order valence-electron chi connectivity index (χ3n) is 7.77. The molecule has 1 aromatic carbocycles. The summed E-state index contributed by atoms with van der Waals surface area (Å²) in [5, 5.41) is 20.6. The molecule has 0 radical (unpaired) electrons. The van der Waals surface area contributed by atoms with E-state index in [9.17, 15) is 14.7 Å². The van der Waals surface area contributed by atoms with Crippen LogP contribution in [0.3, 0.4) is 0 Å². The SMILES string of the molecule is C[C@@H]1[C@@H](C)C(C)(C)[C@@H](C)C[C@H]1Nc1cnn(CC(=O)NCC(O)c2ccccc2)c(=O)c1Br. The first kappa shape index (κ1) is 25.4. The molecular weight excluding hydrogens is 484 g/mol. The summed E-state index contributed by atoms with van der Waals surface area (Å²) in [6.45, 7) is 11.3. The van der Waals surface area contributed by atoms with Gasteiger partial charge in [0.05, 0.1) is 18.0 Å². The summed E-state index contributed by atoms with van der Waals surface area (Å²) < 4.78 is 1.49. The Hall–Kier alpha value is -2.19. The zero-order chi connectivity index (χ0) is 24.3. The molecule has 1 heterocycles. The molecular formula is C25H35BrN4O3. The molecule has 0 bridgehead atoms. The van der Waals surface area contributed by atoms with Crippen molar-refractivity contribution in [3.8, 4) is 0 Å². The summed E-state index contributed by atoms with van der Waals surface area (Å²) in [4.78, 5) is 25.2. The number of aliphatic hydroxyl groups is 1. The van der Waals surface area contributed by atoms with Gasteiger partial charge in [0.2, 0.25) is 5.91 Å². The molecule has 1 amide bonds. The van der Waals surface area contributed by atoms with Crippen LogP contribution < -0.4 is 16.2 Å². The minimum absolute atomic E-state index is 0.0602. The van der Waals surface area contributed by atoms with E-state index in [0.29, 0.717) is 27.9 Å². The predicted octanol–water partition coefficient (Wildman–Crippen LogP) is 3.97.